The lowest BCUT2D eigenvalue weighted by Crippen LogP contribution is -1.94. The zero-order valence-corrected chi connectivity index (χ0v) is 8.29. The van der Waals surface area contributed by atoms with Gasteiger partial charge in [0.25, 0.3) is 0 Å². The second kappa shape index (κ2) is 5.18. The van der Waals surface area contributed by atoms with Crippen LogP contribution < -0.4 is 0 Å². The molecule has 0 aromatic rings. The molecule has 1 rings (SSSR count). The molecule has 0 nitrogen and oxygen atoms in total. The zero-order chi connectivity index (χ0) is 8.81. The van der Waals surface area contributed by atoms with Gasteiger partial charge >= 0.3 is 0 Å². The first-order valence-corrected chi connectivity index (χ1v) is 5.09. The van der Waals surface area contributed by atoms with Crippen LogP contribution in [0.5, 0.6) is 0 Å². The lowest BCUT2D eigenvalue weighted by atomic mass is 9.97. The van der Waals surface area contributed by atoms with Crippen molar-refractivity contribution in [2.24, 2.45) is 11.8 Å². The Balaban J connectivity index is 2.43. The van der Waals surface area contributed by atoms with Crippen molar-refractivity contribution in [3.63, 3.8) is 0 Å². The minimum Gasteiger partial charge on any atom is -0.0883 e. The van der Waals surface area contributed by atoms with Crippen molar-refractivity contribution < 1.29 is 0 Å². The van der Waals surface area contributed by atoms with Gasteiger partial charge in [0.1, 0.15) is 0 Å². The van der Waals surface area contributed by atoms with E-state index in [1.807, 2.05) is 0 Å². The van der Waals surface area contributed by atoms with Crippen molar-refractivity contribution in [3.8, 4) is 0 Å². The van der Waals surface area contributed by atoms with Gasteiger partial charge in [0.15, 0.2) is 0 Å². The molecule has 0 spiro atoms. The average Bonchev–Trinajstić information content (AvgIpc) is 2.06. The fraction of sp³-hybridized carbons (Fsp3) is 0.667. The van der Waals surface area contributed by atoms with E-state index in [1.165, 1.54) is 25.7 Å². The lowest BCUT2D eigenvalue weighted by molar-refractivity contribution is 0.571. The molecule has 0 heterocycles. The molecule has 0 bridgehead atoms. The number of rotatable bonds is 0. The van der Waals surface area contributed by atoms with Crippen LogP contribution in [-0.4, -0.2) is 0 Å². The first-order valence-electron chi connectivity index (χ1n) is 5.09. The second-order valence-corrected chi connectivity index (χ2v) is 4.10. The van der Waals surface area contributed by atoms with Crippen LogP contribution in [0.3, 0.4) is 0 Å². The Morgan fingerprint density at radius 2 is 0.917 bits per heavy atom. The summed E-state index contributed by atoms with van der Waals surface area (Å²) in [6, 6.07) is 0. The van der Waals surface area contributed by atoms with Crippen molar-refractivity contribution in [3.05, 3.63) is 24.3 Å². The highest BCUT2D eigenvalue weighted by atomic mass is 14.1. The highest BCUT2D eigenvalue weighted by Gasteiger charge is 2.00. The monoisotopic (exact) mass is 164 g/mol. The van der Waals surface area contributed by atoms with E-state index in [4.69, 9.17) is 0 Å². The molecule has 0 radical (unpaired) electrons. The van der Waals surface area contributed by atoms with Crippen LogP contribution in [0.15, 0.2) is 24.3 Å². The summed E-state index contributed by atoms with van der Waals surface area (Å²) in [5.41, 5.74) is 0. The minimum atomic E-state index is 0.825. The molecule has 0 aromatic carbocycles. The Labute approximate surface area is 76.4 Å². The molecule has 12 heavy (non-hydrogen) atoms. The zero-order valence-electron chi connectivity index (χ0n) is 8.29. The predicted molar refractivity (Wildman–Crippen MR) is 55.1 cm³/mol. The van der Waals surface area contributed by atoms with E-state index < -0.39 is 0 Å². The van der Waals surface area contributed by atoms with Gasteiger partial charge < -0.3 is 0 Å². The summed E-state index contributed by atoms with van der Waals surface area (Å²) in [6.45, 7) is 4.64. The third-order valence-corrected chi connectivity index (χ3v) is 2.49. The van der Waals surface area contributed by atoms with Gasteiger partial charge in [-0.05, 0) is 37.5 Å². The largest absolute Gasteiger partial charge is 0.0883 e. The molecule has 0 N–H and O–H groups in total. The molecule has 0 saturated carbocycles. The summed E-state index contributed by atoms with van der Waals surface area (Å²) in [6.07, 6.45) is 14.4. The van der Waals surface area contributed by atoms with E-state index >= 15 is 0 Å². The van der Waals surface area contributed by atoms with Gasteiger partial charge in [0, 0.05) is 0 Å². The van der Waals surface area contributed by atoms with Crippen LogP contribution in [0.1, 0.15) is 39.5 Å². The predicted octanol–water partition coefficient (Wildman–Crippen LogP) is 3.95. The number of hydrogen-bond acceptors (Lipinski definition) is 0. The fourth-order valence-electron chi connectivity index (χ4n) is 1.51. The van der Waals surface area contributed by atoms with Crippen molar-refractivity contribution in [1.82, 2.24) is 0 Å². The van der Waals surface area contributed by atoms with Crippen molar-refractivity contribution >= 4 is 0 Å². The molecule has 0 fully saturated rings. The summed E-state index contributed by atoms with van der Waals surface area (Å²) in [5, 5.41) is 0. The minimum absolute atomic E-state index is 0.825. The van der Waals surface area contributed by atoms with Crippen LogP contribution in [-0.2, 0) is 0 Å². The molecule has 0 atom stereocenters. The molecule has 0 heteroatoms. The summed E-state index contributed by atoms with van der Waals surface area (Å²) in [7, 11) is 0. The Morgan fingerprint density at radius 3 is 1.17 bits per heavy atom. The summed E-state index contributed by atoms with van der Waals surface area (Å²) in [4.78, 5) is 0. The Kier molecular flexibility index (Phi) is 4.13. The van der Waals surface area contributed by atoms with E-state index in [1.54, 1.807) is 0 Å². The molecule has 1 aliphatic rings. The molecule has 0 amide bonds. The summed E-state index contributed by atoms with van der Waals surface area (Å²) in [5.74, 6) is 1.65. The number of hydrogen-bond donors (Lipinski definition) is 0. The van der Waals surface area contributed by atoms with Crippen LogP contribution in [0.4, 0.5) is 0 Å². The summed E-state index contributed by atoms with van der Waals surface area (Å²) >= 11 is 0. The van der Waals surface area contributed by atoms with Gasteiger partial charge in [-0.1, -0.05) is 38.2 Å². The lowest BCUT2D eigenvalue weighted by Gasteiger charge is -2.09. The van der Waals surface area contributed by atoms with E-state index in [9.17, 15) is 0 Å². The topological polar surface area (TPSA) is 0 Å². The van der Waals surface area contributed by atoms with Crippen molar-refractivity contribution in [1.29, 1.82) is 0 Å². The standard InChI is InChI=1S/C12H20/c1-11-7-3-5-9-12(2)10-6-4-8-11/h3-6,11-12H,7-10H2,1-2H3/b5-3-,6-4-. The van der Waals surface area contributed by atoms with Crippen LogP contribution in [0.25, 0.3) is 0 Å². The normalized spacial score (nSPS) is 37.2. The fourth-order valence-corrected chi connectivity index (χ4v) is 1.51. The SMILES string of the molecule is CC1C/C=C\CC(C)C/C=C\C1. The highest BCUT2D eigenvalue weighted by Crippen LogP contribution is 2.15. The molecular weight excluding hydrogens is 144 g/mol. The summed E-state index contributed by atoms with van der Waals surface area (Å²) < 4.78 is 0. The molecule has 0 aromatic heterocycles. The van der Waals surface area contributed by atoms with E-state index in [-0.39, 0.29) is 0 Å². The van der Waals surface area contributed by atoms with E-state index in [0.717, 1.165) is 11.8 Å². The van der Waals surface area contributed by atoms with Crippen molar-refractivity contribution in [2.75, 3.05) is 0 Å². The Morgan fingerprint density at radius 1 is 0.667 bits per heavy atom. The first-order chi connectivity index (χ1) is 5.79. The van der Waals surface area contributed by atoms with Gasteiger partial charge in [0.2, 0.25) is 0 Å². The van der Waals surface area contributed by atoms with Gasteiger partial charge in [-0.2, -0.15) is 0 Å². The van der Waals surface area contributed by atoms with Gasteiger partial charge in [-0.15, -0.1) is 0 Å². The smallest absolute Gasteiger partial charge is 0.0322 e. The van der Waals surface area contributed by atoms with Crippen LogP contribution >= 0.6 is 0 Å². The van der Waals surface area contributed by atoms with Gasteiger partial charge in [-0.3, -0.25) is 0 Å². The van der Waals surface area contributed by atoms with E-state index in [0.29, 0.717) is 0 Å². The van der Waals surface area contributed by atoms with Crippen molar-refractivity contribution in [2.45, 2.75) is 39.5 Å². The maximum Gasteiger partial charge on any atom is -0.0322 e. The van der Waals surface area contributed by atoms with Crippen LogP contribution in [0, 0.1) is 11.8 Å². The third kappa shape index (κ3) is 3.75. The molecular formula is C12H20. The van der Waals surface area contributed by atoms with Crippen LogP contribution in [0.2, 0.25) is 0 Å². The molecule has 1 aliphatic carbocycles. The maximum absolute atomic E-state index is 2.35. The molecule has 0 saturated heterocycles. The average molecular weight is 164 g/mol. The maximum atomic E-state index is 2.35. The third-order valence-electron chi connectivity index (χ3n) is 2.49. The highest BCUT2D eigenvalue weighted by molar-refractivity contribution is 4.92. The quantitative estimate of drug-likeness (QED) is 0.476. The molecule has 0 aliphatic heterocycles. The Hall–Kier alpha value is -0.520. The Bertz CT molecular complexity index is 129. The first kappa shape index (κ1) is 9.57. The molecule has 68 valence electrons. The molecule has 0 unspecified atom stereocenters. The van der Waals surface area contributed by atoms with Gasteiger partial charge in [-0.25, -0.2) is 0 Å². The van der Waals surface area contributed by atoms with Gasteiger partial charge in [0.05, 0.1) is 0 Å². The number of allylic oxidation sites excluding steroid dienone is 4. The van der Waals surface area contributed by atoms with E-state index in [2.05, 4.69) is 38.2 Å². The second-order valence-electron chi connectivity index (χ2n) is 4.10.